The van der Waals surface area contributed by atoms with Crippen molar-refractivity contribution in [3.8, 4) is 0 Å². The Morgan fingerprint density at radius 2 is 1.71 bits per heavy atom. The topological polar surface area (TPSA) is 74.4 Å². The van der Waals surface area contributed by atoms with Crippen molar-refractivity contribution in [3.63, 3.8) is 0 Å². The number of H-pyrrole nitrogens is 1. The first-order valence-corrected chi connectivity index (χ1v) is 9.49. The molecule has 1 aromatic heterocycles. The molecule has 2 aromatic carbocycles. The first-order chi connectivity index (χ1) is 13.7. The van der Waals surface area contributed by atoms with Crippen LogP contribution in [0.15, 0.2) is 65.6 Å². The highest BCUT2D eigenvalue weighted by atomic mass is 16.5. The van der Waals surface area contributed by atoms with Crippen molar-refractivity contribution >= 4 is 16.7 Å². The number of rotatable bonds is 5. The molecule has 3 aromatic rings. The van der Waals surface area contributed by atoms with Crippen LogP contribution >= 0.6 is 0 Å². The van der Waals surface area contributed by atoms with E-state index in [4.69, 9.17) is 4.74 Å². The van der Waals surface area contributed by atoms with E-state index in [1.165, 1.54) is 6.20 Å². The molecular formula is C22H23N3O3. The second-order valence-corrected chi connectivity index (χ2v) is 6.86. The van der Waals surface area contributed by atoms with Gasteiger partial charge in [-0.3, -0.25) is 14.5 Å². The zero-order chi connectivity index (χ0) is 19.3. The van der Waals surface area contributed by atoms with Crippen LogP contribution in [0.3, 0.4) is 0 Å². The minimum absolute atomic E-state index is 0.0723. The minimum atomic E-state index is -0.193. The van der Waals surface area contributed by atoms with Crippen LogP contribution in [0.2, 0.25) is 0 Å². The fourth-order valence-corrected chi connectivity index (χ4v) is 3.70. The van der Waals surface area contributed by atoms with Crippen molar-refractivity contribution in [3.05, 3.63) is 82.3 Å². The highest BCUT2D eigenvalue weighted by Crippen LogP contribution is 2.21. The Morgan fingerprint density at radius 1 is 1.04 bits per heavy atom. The van der Waals surface area contributed by atoms with E-state index in [0.29, 0.717) is 36.1 Å². The molecule has 0 unspecified atom stereocenters. The third-order valence-corrected chi connectivity index (χ3v) is 5.18. The lowest BCUT2D eigenvalue weighted by atomic mass is 10.0. The van der Waals surface area contributed by atoms with Gasteiger partial charge in [-0.1, -0.05) is 48.5 Å². The SMILES string of the molecule is O=C(NC[C@H](c1ccccc1)N1CCOCC1)c1c[nH]c(=O)c2ccccc12. The minimum Gasteiger partial charge on any atom is -0.379 e. The Hall–Kier alpha value is -2.96. The number of carbonyl (C=O) groups is 1. The summed E-state index contributed by atoms with van der Waals surface area (Å²) < 4.78 is 5.48. The third-order valence-electron chi connectivity index (χ3n) is 5.18. The van der Waals surface area contributed by atoms with Crippen LogP contribution < -0.4 is 10.9 Å². The molecule has 0 aliphatic carbocycles. The number of pyridine rings is 1. The van der Waals surface area contributed by atoms with Crippen molar-refractivity contribution < 1.29 is 9.53 Å². The number of hydrogen-bond donors (Lipinski definition) is 2. The van der Waals surface area contributed by atoms with Crippen LogP contribution in [-0.2, 0) is 4.74 Å². The van der Waals surface area contributed by atoms with Gasteiger partial charge in [0.2, 0.25) is 0 Å². The van der Waals surface area contributed by atoms with Crippen molar-refractivity contribution in [2.45, 2.75) is 6.04 Å². The van der Waals surface area contributed by atoms with Gasteiger partial charge in [-0.25, -0.2) is 0 Å². The van der Waals surface area contributed by atoms with Gasteiger partial charge >= 0.3 is 0 Å². The number of nitrogens with one attached hydrogen (secondary N) is 2. The van der Waals surface area contributed by atoms with Gasteiger partial charge < -0.3 is 15.0 Å². The van der Waals surface area contributed by atoms with E-state index in [1.54, 1.807) is 18.2 Å². The predicted octanol–water partition coefficient (Wildman–Crippen LogP) is 2.33. The Balaban J connectivity index is 1.56. The average Bonchev–Trinajstić information content (AvgIpc) is 2.76. The number of benzene rings is 2. The number of aromatic amines is 1. The molecule has 2 N–H and O–H groups in total. The summed E-state index contributed by atoms with van der Waals surface area (Å²) in [6.45, 7) is 3.54. The zero-order valence-corrected chi connectivity index (χ0v) is 15.6. The molecule has 1 aliphatic heterocycles. The van der Waals surface area contributed by atoms with Gasteiger partial charge in [0.25, 0.3) is 11.5 Å². The lowest BCUT2D eigenvalue weighted by Gasteiger charge is -2.35. The van der Waals surface area contributed by atoms with Gasteiger partial charge in [-0.2, -0.15) is 0 Å². The van der Waals surface area contributed by atoms with E-state index in [1.807, 2.05) is 24.3 Å². The fourth-order valence-electron chi connectivity index (χ4n) is 3.70. The van der Waals surface area contributed by atoms with Gasteiger partial charge in [-0.05, 0) is 11.6 Å². The second-order valence-electron chi connectivity index (χ2n) is 6.86. The number of nitrogens with zero attached hydrogens (tertiary/aromatic N) is 1. The van der Waals surface area contributed by atoms with E-state index in [2.05, 4.69) is 27.3 Å². The maximum Gasteiger partial charge on any atom is 0.255 e. The zero-order valence-electron chi connectivity index (χ0n) is 15.6. The highest BCUT2D eigenvalue weighted by molar-refractivity contribution is 6.06. The number of amides is 1. The maximum absolute atomic E-state index is 12.9. The molecule has 1 fully saturated rings. The van der Waals surface area contributed by atoms with E-state index in [9.17, 15) is 9.59 Å². The van der Waals surface area contributed by atoms with Crippen LogP contribution in [0.5, 0.6) is 0 Å². The maximum atomic E-state index is 12.9. The second kappa shape index (κ2) is 8.37. The molecule has 1 saturated heterocycles. The molecule has 28 heavy (non-hydrogen) atoms. The molecule has 2 heterocycles. The number of morpholine rings is 1. The summed E-state index contributed by atoms with van der Waals surface area (Å²) in [4.78, 5) is 29.9. The van der Waals surface area contributed by atoms with Gasteiger partial charge in [0.05, 0.1) is 24.8 Å². The smallest absolute Gasteiger partial charge is 0.255 e. The van der Waals surface area contributed by atoms with Gasteiger partial charge in [-0.15, -0.1) is 0 Å². The largest absolute Gasteiger partial charge is 0.379 e. The van der Waals surface area contributed by atoms with Crippen LogP contribution in [-0.4, -0.2) is 48.6 Å². The fraction of sp³-hybridized carbons (Fsp3) is 0.273. The normalized spacial score (nSPS) is 16.0. The molecule has 1 amide bonds. The predicted molar refractivity (Wildman–Crippen MR) is 108 cm³/mol. The summed E-state index contributed by atoms with van der Waals surface area (Å²) in [5.41, 5.74) is 1.45. The van der Waals surface area contributed by atoms with E-state index in [0.717, 1.165) is 18.7 Å². The van der Waals surface area contributed by atoms with Crippen LogP contribution in [0.1, 0.15) is 22.0 Å². The molecule has 0 radical (unpaired) electrons. The Morgan fingerprint density at radius 3 is 2.46 bits per heavy atom. The number of fused-ring (bicyclic) bond motifs is 1. The molecule has 4 rings (SSSR count). The molecule has 1 aliphatic rings. The van der Waals surface area contributed by atoms with Gasteiger partial charge in [0.15, 0.2) is 0 Å². The molecule has 144 valence electrons. The molecular weight excluding hydrogens is 354 g/mol. The first-order valence-electron chi connectivity index (χ1n) is 9.49. The standard InChI is InChI=1S/C22H23N3O3/c26-21-18-9-5-4-8-17(18)19(14-23-21)22(27)24-15-20(16-6-2-1-3-7-16)25-10-12-28-13-11-25/h1-9,14,20H,10-13,15H2,(H,23,26)(H,24,27)/t20-/m1/s1. The highest BCUT2D eigenvalue weighted by Gasteiger charge is 2.23. The van der Waals surface area contributed by atoms with Crippen LogP contribution in [0.25, 0.3) is 10.8 Å². The quantitative estimate of drug-likeness (QED) is 0.716. The molecule has 0 bridgehead atoms. The number of carbonyl (C=O) groups excluding carboxylic acids is 1. The Kier molecular flexibility index (Phi) is 5.50. The van der Waals surface area contributed by atoms with Crippen molar-refractivity contribution in [2.75, 3.05) is 32.8 Å². The third kappa shape index (κ3) is 3.83. The summed E-state index contributed by atoms with van der Waals surface area (Å²) in [5.74, 6) is -0.193. The molecule has 6 nitrogen and oxygen atoms in total. The average molecular weight is 377 g/mol. The summed E-state index contributed by atoms with van der Waals surface area (Å²) in [5, 5.41) is 4.24. The van der Waals surface area contributed by atoms with Gasteiger partial charge in [0.1, 0.15) is 0 Å². The first kappa shape index (κ1) is 18.4. The summed E-state index contributed by atoms with van der Waals surface area (Å²) in [6, 6.07) is 17.4. The Labute approximate surface area is 163 Å². The van der Waals surface area contributed by atoms with E-state index in [-0.39, 0.29) is 17.5 Å². The summed E-state index contributed by atoms with van der Waals surface area (Å²) in [7, 11) is 0. The van der Waals surface area contributed by atoms with Crippen molar-refractivity contribution in [1.82, 2.24) is 15.2 Å². The van der Waals surface area contributed by atoms with E-state index >= 15 is 0 Å². The van der Waals surface area contributed by atoms with E-state index < -0.39 is 0 Å². The number of ether oxygens (including phenoxy) is 1. The van der Waals surface area contributed by atoms with Crippen molar-refractivity contribution in [2.24, 2.45) is 0 Å². The molecule has 6 heteroatoms. The summed E-state index contributed by atoms with van der Waals surface area (Å²) in [6.07, 6.45) is 1.49. The lowest BCUT2D eigenvalue weighted by Crippen LogP contribution is -2.43. The number of hydrogen-bond acceptors (Lipinski definition) is 4. The molecule has 0 spiro atoms. The Bertz CT molecular complexity index is 1010. The van der Waals surface area contributed by atoms with Crippen LogP contribution in [0.4, 0.5) is 0 Å². The van der Waals surface area contributed by atoms with Gasteiger partial charge in [0, 0.05) is 36.6 Å². The summed E-state index contributed by atoms with van der Waals surface area (Å²) >= 11 is 0. The monoisotopic (exact) mass is 377 g/mol. The molecule has 1 atom stereocenters. The van der Waals surface area contributed by atoms with Crippen molar-refractivity contribution in [1.29, 1.82) is 0 Å². The molecule has 0 saturated carbocycles. The van der Waals surface area contributed by atoms with Crippen LogP contribution in [0, 0.1) is 0 Å². The number of aromatic nitrogens is 1. The lowest BCUT2D eigenvalue weighted by molar-refractivity contribution is 0.0162.